The SMILES string of the molecule is CC1(C)C(=O)N(c2ccc(SC(F)(F)F)cc2)C(=O)N1Cc1ccnc(NC(=O)Nc2cccc(C(=O)O)c2)c1. The van der Waals surface area contributed by atoms with E-state index in [1.54, 1.807) is 19.9 Å². The van der Waals surface area contributed by atoms with Gasteiger partial charge in [0.15, 0.2) is 0 Å². The van der Waals surface area contributed by atoms with Crippen LogP contribution in [0.5, 0.6) is 0 Å². The summed E-state index contributed by atoms with van der Waals surface area (Å²) >= 11 is -0.300. The monoisotopic (exact) mass is 573 g/mol. The number of hydrogen-bond donors (Lipinski definition) is 3. The molecule has 1 fully saturated rings. The van der Waals surface area contributed by atoms with Crippen LogP contribution in [0.4, 0.5) is 40.0 Å². The summed E-state index contributed by atoms with van der Waals surface area (Å²) in [6.45, 7) is 3.08. The second kappa shape index (κ2) is 10.9. The number of pyridine rings is 1. The van der Waals surface area contributed by atoms with E-state index in [-0.39, 0.29) is 46.0 Å². The molecular weight excluding hydrogens is 551 g/mol. The Kier molecular flexibility index (Phi) is 7.73. The molecule has 0 saturated carbocycles. The number of rotatable bonds is 7. The van der Waals surface area contributed by atoms with Crippen molar-refractivity contribution in [3.63, 3.8) is 0 Å². The van der Waals surface area contributed by atoms with Gasteiger partial charge in [-0.05, 0) is 85.8 Å². The highest BCUT2D eigenvalue weighted by molar-refractivity contribution is 8.00. The molecule has 4 rings (SSSR count). The van der Waals surface area contributed by atoms with Gasteiger partial charge in [0.2, 0.25) is 0 Å². The number of thioether (sulfide) groups is 1. The number of aromatic carboxylic acids is 1. The molecule has 3 aromatic rings. The lowest BCUT2D eigenvalue weighted by Crippen LogP contribution is -2.43. The molecule has 2 aromatic carbocycles. The number of carbonyl (C=O) groups excluding carboxylic acids is 3. The van der Waals surface area contributed by atoms with Crippen molar-refractivity contribution in [1.29, 1.82) is 0 Å². The van der Waals surface area contributed by atoms with E-state index in [9.17, 15) is 32.3 Å². The van der Waals surface area contributed by atoms with E-state index in [2.05, 4.69) is 15.6 Å². The Morgan fingerprint density at radius 2 is 1.73 bits per heavy atom. The fourth-order valence-corrected chi connectivity index (χ4v) is 4.50. The molecule has 1 aromatic heterocycles. The molecule has 5 amide bonds. The Bertz CT molecular complexity index is 1480. The van der Waals surface area contributed by atoms with Crippen LogP contribution < -0.4 is 15.5 Å². The minimum atomic E-state index is -4.47. The van der Waals surface area contributed by atoms with Crippen LogP contribution >= 0.6 is 11.8 Å². The first-order valence-corrected chi connectivity index (χ1v) is 12.4. The highest BCUT2D eigenvalue weighted by Crippen LogP contribution is 2.39. The van der Waals surface area contributed by atoms with Gasteiger partial charge < -0.3 is 15.3 Å². The van der Waals surface area contributed by atoms with Crippen molar-refractivity contribution < 1.29 is 37.5 Å². The molecule has 0 atom stereocenters. The van der Waals surface area contributed by atoms with E-state index < -0.39 is 35.0 Å². The number of benzene rings is 2. The fraction of sp³-hybridized carbons (Fsp3) is 0.192. The molecule has 0 radical (unpaired) electrons. The average Bonchev–Trinajstić information content (AvgIpc) is 3.03. The second-order valence-corrected chi connectivity index (χ2v) is 10.3. The lowest BCUT2D eigenvalue weighted by Gasteiger charge is -2.27. The van der Waals surface area contributed by atoms with Gasteiger partial charge in [0, 0.05) is 23.3 Å². The molecule has 40 heavy (non-hydrogen) atoms. The number of amides is 5. The van der Waals surface area contributed by atoms with Gasteiger partial charge in [-0.25, -0.2) is 24.3 Å². The highest BCUT2D eigenvalue weighted by Gasteiger charge is 2.51. The number of imide groups is 1. The zero-order valence-electron chi connectivity index (χ0n) is 21.0. The second-order valence-electron chi connectivity index (χ2n) is 9.12. The Labute approximate surface area is 230 Å². The standard InChI is InChI=1S/C26H22F3N5O5S/c1-25(2)22(37)34(18-6-8-19(9-7-18)40-26(27,28)29)24(39)33(25)14-15-10-11-30-20(12-15)32-23(38)31-17-5-3-4-16(13-17)21(35)36/h3-13H,14H2,1-2H3,(H,35,36)(H2,30,31,32,38). The Morgan fingerprint density at radius 3 is 2.38 bits per heavy atom. The Morgan fingerprint density at radius 1 is 1.02 bits per heavy atom. The third kappa shape index (κ3) is 6.34. The van der Waals surface area contributed by atoms with Gasteiger partial charge in [0.1, 0.15) is 11.4 Å². The van der Waals surface area contributed by atoms with Crippen LogP contribution in [-0.4, -0.2) is 50.0 Å². The molecular formula is C26H22F3N5O5S. The summed E-state index contributed by atoms with van der Waals surface area (Å²) in [5.74, 6) is -1.56. The van der Waals surface area contributed by atoms with Gasteiger partial charge >= 0.3 is 23.5 Å². The smallest absolute Gasteiger partial charge is 0.446 e. The van der Waals surface area contributed by atoms with Gasteiger partial charge in [0.25, 0.3) is 5.91 Å². The van der Waals surface area contributed by atoms with Gasteiger partial charge in [-0.2, -0.15) is 13.2 Å². The minimum absolute atomic E-state index is 0.00412. The van der Waals surface area contributed by atoms with Crippen LogP contribution in [0, 0.1) is 0 Å². The number of aromatic nitrogens is 1. The molecule has 3 N–H and O–H groups in total. The molecule has 0 bridgehead atoms. The fourth-order valence-electron chi connectivity index (χ4n) is 3.96. The molecule has 0 unspecified atom stereocenters. The normalized spacial score (nSPS) is 14.8. The van der Waals surface area contributed by atoms with Crippen LogP contribution in [0.2, 0.25) is 0 Å². The number of halogens is 3. The first kappa shape index (κ1) is 28.4. The van der Waals surface area contributed by atoms with Gasteiger partial charge in [-0.15, -0.1) is 0 Å². The lowest BCUT2D eigenvalue weighted by atomic mass is 10.0. The van der Waals surface area contributed by atoms with Gasteiger partial charge in [-0.3, -0.25) is 10.1 Å². The highest BCUT2D eigenvalue weighted by atomic mass is 32.2. The van der Waals surface area contributed by atoms with Gasteiger partial charge in [-0.1, -0.05) is 6.07 Å². The number of carboxylic acid groups (broad SMARTS) is 1. The van der Waals surface area contributed by atoms with Crippen molar-refractivity contribution in [1.82, 2.24) is 9.88 Å². The maximum atomic E-state index is 13.3. The summed E-state index contributed by atoms with van der Waals surface area (Å²) in [7, 11) is 0. The predicted octanol–water partition coefficient (Wildman–Crippen LogP) is 5.78. The zero-order chi connectivity index (χ0) is 29.2. The molecule has 14 heteroatoms. The number of carboxylic acids is 1. The third-order valence-corrected chi connectivity index (χ3v) is 6.67. The maximum absolute atomic E-state index is 13.3. The minimum Gasteiger partial charge on any atom is -0.478 e. The number of anilines is 3. The van der Waals surface area contributed by atoms with Crippen LogP contribution in [0.25, 0.3) is 0 Å². The maximum Gasteiger partial charge on any atom is 0.446 e. The first-order valence-electron chi connectivity index (χ1n) is 11.6. The van der Waals surface area contributed by atoms with E-state index >= 15 is 0 Å². The molecule has 208 valence electrons. The number of nitrogens with zero attached hydrogens (tertiary/aromatic N) is 3. The summed E-state index contributed by atoms with van der Waals surface area (Å²) in [5.41, 5.74) is -4.83. The molecule has 1 aliphatic heterocycles. The summed E-state index contributed by atoms with van der Waals surface area (Å²) < 4.78 is 38.0. The Hall–Kier alpha value is -4.59. The van der Waals surface area contributed by atoms with Crippen molar-refractivity contribution in [2.45, 2.75) is 36.3 Å². The number of urea groups is 2. The molecule has 1 aliphatic rings. The van der Waals surface area contributed by atoms with E-state index in [1.165, 1.54) is 65.7 Å². The number of hydrogen-bond acceptors (Lipinski definition) is 6. The number of nitrogens with one attached hydrogen (secondary N) is 2. The van der Waals surface area contributed by atoms with Crippen LogP contribution in [0.15, 0.2) is 71.8 Å². The lowest BCUT2D eigenvalue weighted by molar-refractivity contribution is -0.123. The van der Waals surface area contributed by atoms with Crippen LogP contribution in [-0.2, 0) is 11.3 Å². The van der Waals surface area contributed by atoms with E-state index in [4.69, 9.17) is 5.11 Å². The van der Waals surface area contributed by atoms with E-state index in [1.807, 2.05) is 0 Å². The quantitative estimate of drug-likeness (QED) is 0.241. The largest absolute Gasteiger partial charge is 0.478 e. The van der Waals surface area contributed by atoms with Crippen LogP contribution in [0.1, 0.15) is 29.8 Å². The first-order chi connectivity index (χ1) is 18.7. The summed E-state index contributed by atoms with van der Waals surface area (Å²) in [5, 5.41) is 14.1. The molecule has 2 heterocycles. The number of carbonyl (C=O) groups is 4. The zero-order valence-corrected chi connectivity index (χ0v) is 21.8. The third-order valence-electron chi connectivity index (χ3n) is 5.93. The molecule has 0 spiro atoms. The van der Waals surface area contributed by atoms with E-state index in [0.717, 1.165) is 4.90 Å². The predicted molar refractivity (Wildman–Crippen MR) is 141 cm³/mol. The number of alkyl halides is 3. The van der Waals surface area contributed by atoms with Crippen LogP contribution in [0.3, 0.4) is 0 Å². The van der Waals surface area contributed by atoms with Crippen molar-refractivity contribution in [2.75, 3.05) is 15.5 Å². The van der Waals surface area contributed by atoms with Gasteiger partial charge in [0.05, 0.1) is 11.3 Å². The summed E-state index contributed by atoms with van der Waals surface area (Å²) in [6.07, 6.45) is 1.40. The average molecular weight is 574 g/mol. The van der Waals surface area contributed by atoms with E-state index in [0.29, 0.717) is 5.56 Å². The summed E-state index contributed by atoms with van der Waals surface area (Å²) in [6, 6.07) is 12.4. The van der Waals surface area contributed by atoms with Crippen molar-refractivity contribution in [3.05, 3.63) is 78.0 Å². The topological polar surface area (TPSA) is 132 Å². The Balaban J connectivity index is 1.47. The molecule has 10 nitrogen and oxygen atoms in total. The summed E-state index contributed by atoms with van der Waals surface area (Å²) in [4.78, 5) is 56.3. The van der Waals surface area contributed by atoms with Crippen molar-refractivity contribution in [3.8, 4) is 0 Å². The molecule has 0 aliphatic carbocycles. The van der Waals surface area contributed by atoms with Crippen molar-refractivity contribution >= 4 is 52.9 Å². The van der Waals surface area contributed by atoms with Crippen molar-refractivity contribution in [2.24, 2.45) is 0 Å². The molecule has 1 saturated heterocycles.